The smallest absolute Gasteiger partial charge is 0.316 e. The second-order valence-corrected chi connectivity index (χ2v) is 8.07. The summed E-state index contributed by atoms with van der Waals surface area (Å²) in [5.41, 5.74) is 5.27. The van der Waals surface area contributed by atoms with Crippen LogP contribution in [0, 0.1) is 6.92 Å². The number of ether oxygens (including phenoxy) is 2. The highest BCUT2D eigenvalue weighted by Gasteiger charge is 2.21. The Bertz CT molecular complexity index is 1240. The Balaban J connectivity index is 1.46. The molecule has 0 unspecified atom stereocenters. The molecule has 0 amide bonds. The third kappa shape index (κ3) is 3.94. The summed E-state index contributed by atoms with van der Waals surface area (Å²) < 4.78 is 13.1. The number of pyridine rings is 1. The molecule has 1 aromatic carbocycles. The fourth-order valence-electron chi connectivity index (χ4n) is 3.90. The first-order valence-corrected chi connectivity index (χ1v) is 10.4. The number of aromatic nitrogens is 4. The number of hydrogen-bond acceptors (Lipinski definition) is 6. The van der Waals surface area contributed by atoms with Gasteiger partial charge in [-0.05, 0) is 36.8 Å². The molecule has 7 nitrogen and oxygen atoms in total. The van der Waals surface area contributed by atoms with E-state index in [2.05, 4.69) is 49.4 Å². The Kier molecular flexibility index (Phi) is 5.21. The third-order valence-corrected chi connectivity index (χ3v) is 5.67. The number of imidazole rings is 1. The summed E-state index contributed by atoms with van der Waals surface area (Å²) in [6.07, 6.45) is 7.51. The molecular weight excluding hydrogens is 414 g/mol. The molecule has 31 heavy (non-hydrogen) atoms. The quantitative estimate of drug-likeness (QED) is 0.479. The number of nitrogens with zero attached hydrogens (tertiary/aromatic N) is 5. The van der Waals surface area contributed by atoms with Crippen LogP contribution in [0.15, 0.2) is 49.1 Å². The SMILES string of the molecule is COc1ncc(CN2CCOc3c(Cl)cc(-c4ncc5cc(C)ccn45)cc3C2)cn1. The maximum atomic E-state index is 6.64. The van der Waals surface area contributed by atoms with Gasteiger partial charge in [-0.25, -0.2) is 15.0 Å². The van der Waals surface area contributed by atoms with Gasteiger partial charge in [0.1, 0.15) is 18.2 Å². The van der Waals surface area contributed by atoms with Crippen LogP contribution in [-0.2, 0) is 13.1 Å². The van der Waals surface area contributed by atoms with Gasteiger partial charge in [-0.2, -0.15) is 0 Å². The summed E-state index contributed by atoms with van der Waals surface area (Å²) in [6, 6.07) is 8.61. The second kappa shape index (κ2) is 8.17. The van der Waals surface area contributed by atoms with Gasteiger partial charge in [0.05, 0.1) is 23.8 Å². The number of fused-ring (bicyclic) bond motifs is 2. The van der Waals surface area contributed by atoms with Crippen molar-refractivity contribution >= 4 is 17.1 Å². The molecule has 8 heteroatoms. The monoisotopic (exact) mass is 435 g/mol. The van der Waals surface area contributed by atoms with Gasteiger partial charge in [0.15, 0.2) is 0 Å². The Hall–Kier alpha value is -3.16. The molecule has 0 saturated carbocycles. The topological polar surface area (TPSA) is 64.8 Å². The molecule has 0 bridgehead atoms. The average Bonchev–Trinajstić information content (AvgIpc) is 3.07. The summed E-state index contributed by atoms with van der Waals surface area (Å²) in [6.45, 7) is 4.83. The van der Waals surface area contributed by atoms with Crippen molar-refractivity contribution in [1.29, 1.82) is 0 Å². The molecule has 0 spiro atoms. The first-order valence-electron chi connectivity index (χ1n) is 10.1. The van der Waals surface area contributed by atoms with E-state index in [1.807, 2.05) is 18.5 Å². The maximum Gasteiger partial charge on any atom is 0.316 e. The number of benzene rings is 1. The Morgan fingerprint density at radius 1 is 1.13 bits per heavy atom. The van der Waals surface area contributed by atoms with Crippen molar-refractivity contribution in [1.82, 2.24) is 24.3 Å². The molecule has 0 atom stereocenters. The van der Waals surface area contributed by atoms with Crippen LogP contribution in [0.3, 0.4) is 0 Å². The molecule has 4 aromatic rings. The molecule has 3 aromatic heterocycles. The fourth-order valence-corrected chi connectivity index (χ4v) is 4.20. The number of methoxy groups -OCH3 is 1. The zero-order chi connectivity index (χ0) is 21.4. The van der Waals surface area contributed by atoms with Crippen molar-refractivity contribution in [3.63, 3.8) is 0 Å². The van der Waals surface area contributed by atoms with Gasteiger partial charge < -0.3 is 9.47 Å². The first-order chi connectivity index (χ1) is 15.1. The summed E-state index contributed by atoms with van der Waals surface area (Å²) in [5, 5.41) is 0.603. The van der Waals surface area contributed by atoms with Gasteiger partial charge in [0.2, 0.25) is 0 Å². The first kappa shape index (κ1) is 19.8. The van der Waals surface area contributed by atoms with E-state index < -0.39 is 0 Å². The lowest BCUT2D eigenvalue weighted by molar-refractivity contribution is 0.219. The van der Waals surface area contributed by atoms with Gasteiger partial charge in [-0.1, -0.05) is 11.6 Å². The summed E-state index contributed by atoms with van der Waals surface area (Å²) in [5.74, 6) is 1.61. The molecule has 4 heterocycles. The lowest BCUT2D eigenvalue weighted by Crippen LogP contribution is -2.25. The molecule has 0 saturated heterocycles. The summed E-state index contributed by atoms with van der Waals surface area (Å²) in [7, 11) is 1.56. The normalized spacial score (nSPS) is 14.2. The van der Waals surface area contributed by atoms with Crippen LogP contribution < -0.4 is 9.47 Å². The minimum atomic E-state index is 0.367. The molecule has 5 rings (SSSR count). The van der Waals surface area contributed by atoms with E-state index in [9.17, 15) is 0 Å². The Morgan fingerprint density at radius 3 is 2.77 bits per heavy atom. The standard InChI is InChI=1S/C23H22ClN5O2/c1-15-3-4-29-19(7-15)12-25-22(29)17-8-18-14-28(5-6-31-21(18)20(24)9-17)13-16-10-26-23(30-2)27-11-16/h3-4,7-12H,5-6,13-14H2,1-2H3. The van der Waals surface area contributed by atoms with Crippen LogP contribution in [0.4, 0.5) is 0 Å². The minimum absolute atomic E-state index is 0.367. The van der Waals surface area contributed by atoms with Crippen LogP contribution >= 0.6 is 11.6 Å². The van der Waals surface area contributed by atoms with Crippen LogP contribution in [0.1, 0.15) is 16.7 Å². The van der Waals surface area contributed by atoms with Gasteiger partial charge >= 0.3 is 6.01 Å². The largest absolute Gasteiger partial charge is 0.490 e. The van der Waals surface area contributed by atoms with Crippen molar-refractivity contribution < 1.29 is 9.47 Å². The van der Waals surface area contributed by atoms with E-state index in [4.69, 9.17) is 21.1 Å². The third-order valence-electron chi connectivity index (χ3n) is 5.38. The van der Waals surface area contributed by atoms with E-state index in [-0.39, 0.29) is 0 Å². The van der Waals surface area contributed by atoms with Crippen molar-refractivity contribution in [2.45, 2.75) is 20.0 Å². The van der Waals surface area contributed by atoms with Crippen molar-refractivity contribution in [2.24, 2.45) is 0 Å². The van der Waals surface area contributed by atoms with Crippen molar-refractivity contribution in [3.8, 4) is 23.1 Å². The number of halogens is 1. The number of hydrogen-bond donors (Lipinski definition) is 0. The van der Waals surface area contributed by atoms with Crippen molar-refractivity contribution in [3.05, 3.63) is 70.8 Å². The molecule has 0 fully saturated rings. The average molecular weight is 436 g/mol. The second-order valence-electron chi connectivity index (χ2n) is 7.66. The lowest BCUT2D eigenvalue weighted by atomic mass is 10.1. The molecule has 0 radical (unpaired) electrons. The van der Waals surface area contributed by atoms with Crippen LogP contribution in [0.2, 0.25) is 5.02 Å². The van der Waals surface area contributed by atoms with Gasteiger partial charge in [0, 0.05) is 54.9 Å². The van der Waals surface area contributed by atoms with Gasteiger partial charge in [-0.3, -0.25) is 9.30 Å². The predicted octanol–water partition coefficient (Wildman–Crippen LogP) is 4.16. The van der Waals surface area contributed by atoms with E-state index in [1.54, 1.807) is 19.5 Å². The van der Waals surface area contributed by atoms with Gasteiger partial charge in [0.25, 0.3) is 0 Å². The van der Waals surface area contributed by atoms with Crippen LogP contribution in [0.5, 0.6) is 11.8 Å². The van der Waals surface area contributed by atoms with E-state index >= 15 is 0 Å². The molecule has 158 valence electrons. The summed E-state index contributed by atoms with van der Waals surface area (Å²) >= 11 is 6.64. The molecule has 1 aliphatic rings. The van der Waals surface area contributed by atoms with E-state index in [0.29, 0.717) is 30.7 Å². The Morgan fingerprint density at radius 2 is 1.97 bits per heavy atom. The van der Waals surface area contributed by atoms with Gasteiger partial charge in [-0.15, -0.1) is 0 Å². The van der Waals surface area contributed by atoms with E-state index in [0.717, 1.165) is 40.3 Å². The number of rotatable bonds is 4. The zero-order valence-electron chi connectivity index (χ0n) is 17.4. The molecule has 0 N–H and O–H groups in total. The van der Waals surface area contributed by atoms with E-state index in [1.165, 1.54) is 5.56 Å². The highest BCUT2D eigenvalue weighted by Crippen LogP contribution is 2.36. The summed E-state index contributed by atoms with van der Waals surface area (Å²) in [4.78, 5) is 15.3. The highest BCUT2D eigenvalue weighted by atomic mass is 35.5. The zero-order valence-corrected chi connectivity index (χ0v) is 18.1. The Labute approximate surface area is 185 Å². The predicted molar refractivity (Wildman–Crippen MR) is 119 cm³/mol. The highest BCUT2D eigenvalue weighted by molar-refractivity contribution is 6.32. The van der Waals surface area contributed by atoms with Crippen LogP contribution in [0.25, 0.3) is 16.9 Å². The molecule has 1 aliphatic heterocycles. The number of aryl methyl sites for hydroxylation is 1. The van der Waals surface area contributed by atoms with Crippen molar-refractivity contribution in [2.75, 3.05) is 20.3 Å². The fraction of sp³-hybridized carbons (Fsp3) is 0.261. The maximum absolute atomic E-state index is 6.64. The molecular formula is C23H22ClN5O2. The van der Waals surface area contributed by atoms with Crippen LogP contribution in [-0.4, -0.2) is 44.5 Å². The lowest BCUT2D eigenvalue weighted by Gasteiger charge is -2.19. The minimum Gasteiger partial charge on any atom is -0.490 e. The molecule has 0 aliphatic carbocycles.